The third-order valence-electron chi connectivity index (χ3n) is 9.79. The van der Waals surface area contributed by atoms with Gasteiger partial charge in [0.05, 0.1) is 45.1 Å². The van der Waals surface area contributed by atoms with Crippen molar-refractivity contribution in [2.45, 2.75) is 52.4 Å². The molecule has 3 aromatic heterocycles. The van der Waals surface area contributed by atoms with E-state index in [1.165, 1.54) is 32.7 Å². The number of aromatic nitrogens is 3. The smallest absolute Gasteiger partial charge is 0.0998 e. The predicted molar refractivity (Wildman–Crippen MR) is 200 cm³/mol. The van der Waals surface area contributed by atoms with Crippen LogP contribution in [0.25, 0.3) is 66.1 Å². The largest absolute Gasteiger partial charge is 0.307 e. The molecule has 5 aromatic carbocycles. The van der Waals surface area contributed by atoms with Crippen LogP contribution in [0.15, 0.2) is 122 Å². The van der Waals surface area contributed by atoms with Gasteiger partial charge in [0.2, 0.25) is 0 Å². The van der Waals surface area contributed by atoms with Crippen LogP contribution >= 0.6 is 0 Å². The Morgan fingerprint density at radius 3 is 1.46 bits per heavy atom. The highest BCUT2D eigenvalue weighted by Crippen LogP contribution is 2.42. The maximum absolute atomic E-state index is 10.7. The highest BCUT2D eigenvalue weighted by molar-refractivity contribution is 6.12. The highest BCUT2D eigenvalue weighted by Gasteiger charge is 2.24. The first-order chi connectivity index (χ1) is 23.0. The molecule has 8 aromatic rings. The molecule has 3 heterocycles. The number of nitriles is 1. The van der Waals surface area contributed by atoms with Crippen molar-refractivity contribution in [3.63, 3.8) is 0 Å². The number of hydrogen-bond donors (Lipinski definition) is 0. The minimum absolute atomic E-state index is 0.0264. The van der Waals surface area contributed by atoms with E-state index in [9.17, 15) is 5.26 Å². The number of nitrogens with zero attached hydrogens (tertiary/aromatic N) is 4. The summed E-state index contributed by atoms with van der Waals surface area (Å²) in [6, 6.07) is 41.9. The van der Waals surface area contributed by atoms with E-state index >= 15 is 0 Å². The Morgan fingerprint density at radius 2 is 0.979 bits per heavy atom. The Kier molecular flexibility index (Phi) is 6.62. The summed E-state index contributed by atoms with van der Waals surface area (Å²) in [7, 11) is 0. The molecule has 0 aliphatic rings. The van der Waals surface area contributed by atoms with Crippen LogP contribution in [-0.2, 0) is 10.8 Å². The second kappa shape index (κ2) is 10.7. The minimum atomic E-state index is -0.0302. The zero-order valence-corrected chi connectivity index (χ0v) is 28.3. The van der Waals surface area contributed by atoms with Gasteiger partial charge < -0.3 is 9.13 Å². The molecule has 0 saturated heterocycles. The van der Waals surface area contributed by atoms with Crippen LogP contribution in [0.2, 0.25) is 0 Å². The molecule has 4 heteroatoms. The van der Waals surface area contributed by atoms with Crippen LogP contribution in [-0.4, -0.2) is 14.1 Å². The Morgan fingerprint density at radius 1 is 0.521 bits per heavy atom. The number of rotatable bonds is 3. The molecule has 48 heavy (non-hydrogen) atoms. The summed E-state index contributed by atoms with van der Waals surface area (Å²) in [5.41, 5.74) is 11.4. The summed E-state index contributed by atoms with van der Waals surface area (Å²) in [6.45, 7) is 13.6. The molecule has 0 fully saturated rings. The van der Waals surface area contributed by atoms with E-state index < -0.39 is 0 Å². The quantitative estimate of drug-likeness (QED) is 0.197. The van der Waals surface area contributed by atoms with Gasteiger partial charge in [-0.3, -0.25) is 4.98 Å². The molecule has 0 aliphatic heterocycles. The van der Waals surface area contributed by atoms with Gasteiger partial charge in [0.25, 0.3) is 0 Å². The number of pyridine rings is 1. The second-order valence-corrected chi connectivity index (χ2v) is 14.9. The van der Waals surface area contributed by atoms with Crippen molar-refractivity contribution in [3.05, 3.63) is 138 Å². The molecule has 0 aliphatic carbocycles. The predicted octanol–water partition coefficient (Wildman–Crippen LogP) is 11.4. The van der Waals surface area contributed by atoms with E-state index in [1.807, 2.05) is 12.1 Å². The summed E-state index contributed by atoms with van der Waals surface area (Å²) in [5.74, 6) is 0. The van der Waals surface area contributed by atoms with Crippen LogP contribution in [0.3, 0.4) is 0 Å². The molecule has 0 atom stereocenters. The van der Waals surface area contributed by atoms with Gasteiger partial charge in [0.1, 0.15) is 0 Å². The van der Waals surface area contributed by atoms with E-state index in [0.29, 0.717) is 5.56 Å². The summed E-state index contributed by atoms with van der Waals surface area (Å²) in [4.78, 5) is 4.28. The minimum Gasteiger partial charge on any atom is -0.307 e. The van der Waals surface area contributed by atoms with Crippen molar-refractivity contribution in [1.29, 1.82) is 5.26 Å². The lowest BCUT2D eigenvalue weighted by atomic mass is 9.86. The first-order valence-electron chi connectivity index (χ1n) is 16.6. The normalized spacial score (nSPS) is 12.4. The number of hydrogen-bond acceptors (Lipinski definition) is 2. The first-order valence-corrected chi connectivity index (χ1v) is 16.6. The van der Waals surface area contributed by atoms with Crippen LogP contribution in [0.5, 0.6) is 0 Å². The van der Waals surface area contributed by atoms with Crippen LogP contribution in [0.1, 0.15) is 58.2 Å². The van der Waals surface area contributed by atoms with Crippen LogP contribution in [0, 0.1) is 11.3 Å². The standard InChI is InChI=1S/C44H38N4/c1-43(2,3)30-15-17-34-32-11-7-9-13-37(32)47(39(34)24-30)41-23-29(27-45)36(28-19-21-46-22-20-28)26-42(41)48-38-14-10-8-12-33(38)35-18-16-31(25-40(35)48)44(4,5)6/h7-26H,1-6H3. The Balaban J connectivity index is 1.59. The fourth-order valence-corrected chi connectivity index (χ4v) is 7.19. The number of fused-ring (bicyclic) bond motifs is 6. The lowest BCUT2D eigenvalue weighted by Gasteiger charge is -2.22. The summed E-state index contributed by atoms with van der Waals surface area (Å²) in [6.07, 6.45) is 3.59. The van der Waals surface area contributed by atoms with Gasteiger partial charge >= 0.3 is 0 Å². The Labute approximate surface area is 281 Å². The Hall–Kier alpha value is -5.66. The molecule has 0 spiro atoms. The molecule has 234 valence electrons. The second-order valence-electron chi connectivity index (χ2n) is 14.9. The van der Waals surface area contributed by atoms with Crippen molar-refractivity contribution in [2.75, 3.05) is 0 Å². The SMILES string of the molecule is CC(C)(C)c1ccc2c3ccccc3n(-c3cc(C#N)c(-c4ccncc4)cc3-n3c4ccccc4c4ccc(C(C)(C)C)cc43)c2c1. The van der Waals surface area contributed by atoms with Crippen LogP contribution < -0.4 is 0 Å². The van der Waals surface area contributed by atoms with Crippen molar-refractivity contribution >= 4 is 43.6 Å². The third-order valence-corrected chi connectivity index (χ3v) is 9.79. The maximum atomic E-state index is 10.7. The highest BCUT2D eigenvalue weighted by atomic mass is 15.1. The lowest BCUT2D eigenvalue weighted by Crippen LogP contribution is -2.11. The van der Waals surface area contributed by atoms with Gasteiger partial charge in [0.15, 0.2) is 0 Å². The number of para-hydroxylation sites is 2. The van der Waals surface area contributed by atoms with Crippen molar-refractivity contribution in [2.24, 2.45) is 0 Å². The van der Waals surface area contributed by atoms with Crippen molar-refractivity contribution < 1.29 is 0 Å². The molecular formula is C44H38N4. The van der Waals surface area contributed by atoms with Crippen molar-refractivity contribution in [1.82, 2.24) is 14.1 Å². The molecule has 0 amide bonds. The third kappa shape index (κ3) is 4.61. The van der Waals surface area contributed by atoms with Gasteiger partial charge in [-0.15, -0.1) is 0 Å². The van der Waals surface area contributed by atoms with Gasteiger partial charge in [-0.25, -0.2) is 0 Å². The van der Waals surface area contributed by atoms with Gasteiger partial charge in [0, 0.05) is 39.5 Å². The number of benzene rings is 5. The topological polar surface area (TPSA) is 46.5 Å². The zero-order valence-electron chi connectivity index (χ0n) is 28.3. The van der Waals surface area contributed by atoms with E-state index in [2.05, 4.69) is 159 Å². The molecule has 4 nitrogen and oxygen atoms in total. The van der Waals surface area contributed by atoms with Gasteiger partial charge in [-0.05, 0) is 76.1 Å². The van der Waals surface area contributed by atoms with Gasteiger partial charge in [-0.2, -0.15) is 5.26 Å². The monoisotopic (exact) mass is 622 g/mol. The Bertz CT molecular complexity index is 2580. The fourth-order valence-electron chi connectivity index (χ4n) is 7.19. The molecule has 0 unspecified atom stereocenters. The summed E-state index contributed by atoms with van der Waals surface area (Å²) in [5, 5.41) is 15.5. The van der Waals surface area contributed by atoms with Crippen LogP contribution in [0.4, 0.5) is 0 Å². The molecule has 0 N–H and O–H groups in total. The summed E-state index contributed by atoms with van der Waals surface area (Å²) >= 11 is 0. The molecule has 0 radical (unpaired) electrons. The van der Waals surface area contributed by atoms with Crippen molar-refractivity contribution in [3.8, 4) is 28.6 Å². The average molecular weight is 623 g/mol. The molecule has 0 bridgehead atoms. The first kappa shape index (κ1) is 29.7. The van der Waals surface area contributed by atoms with E-state index in [4.69, 9.17) is 0 Å². The van der Waals surface area contributed by atoms with Gasteiger partial charge in [-0.1, -0.05) is 102 Å². The van der Waals surface area contributed by atoms with E-state index in [1.54, 1.807) is 12.4 Å². The van der Waals surface area contributed by atoms with E-state index in [0.717, 1.165) is 44.6 Å². The molecular weight excluding hydrogens is 585 g/mol. The zero-order chi connectivity index (χ0) is 33.4. The lowest BCUT2D eigenvalue weighted by molar-refractivity contribution is 0.590. The summed E-state index contributed by atoms with van der Waals surface area (Å²) < 4.78 is 4.79. The maximum Gasteiger partial charge on any atom is 0.0998 e. The average Bonchev–Trinajstić information content (AvgIpc) is 3.59. The molecule has 0 saturated carbocycles. The fraction of sp³-hybridized carbons (Fsp3) is 0.182. The van der Waals surface area contributed by atoms with E-state index in [-0.39, 0.29) is 10.8 Å². The molecule has 8 rings (SSSR count).